The van der Waals surface area contributed by atoms with Crippen LogP contribution in [0.3, 0.4) is 0 Å². The molecule has 0 aliphatic rings. The molecule has 0 radical (unpaired) electrons. The molecule has 4 heteroatoms. The number of hydrogen-bond donors (Lipinski definition) is 0. The fraction of sp³-hybridized carbons (Fsp3) is 0.324. The van der Waals surface area contributed by atoms with Crippen molar-refractivity contribution in [1.82, 2.24) is 0 Å². The number of carbonyl (C=O) groups is 1. The first kappa shape index (κ1) is 29.3. The van der Waals surface area contributed by atoms with Crippen molar-refractivity contribution in [3.63, 3.8) is 0 Å². The van der Waals surface area contributed by atoms with E-state index in [2.05, 4.69) is 98.3 Å². The monoisotopic (exact) mass is 528 g/mol. The highest BCUT2D eigenvalue weighted by Crippen LogP contribution is 2.25. The Morgan fingerprint density at radius 2 is 1.39 bits per heavy atom. The maximum Gasteiger partial charge on any atom is 0.337 e. The average molecular weight is 529 g/mol. The second-order valence-corrected chi connectivity index (χ2v) is 11.0. The van der Waals surface area contributed by atoms with Crippen LogP contribution in [0.2, 0.25) is 0 Å². The van der Waals surface area contributed by atoms with Crippen LogP contribution in [0.1, 0.15) is 70.1 Å². The van der Waals surface area contributed by atoms with Gasteiger partial charge in [-0.2, -0.15) is 0 Å². The summed E-state index contributed by atoms with van der Waals surface area (Å²) in [5.74, 6) is 0.361. The lowest BCUT2D eigenvalue weighted by Crippen LogP contribution is -2.02. The van der Waals surface area contributed by atoms with E-state index in [9.17, 15) is 4.79 Å². The molecule has 0 saturated heterocycles. The molecule has 200 valence electrons. The Labute approximate surface area is 232 Å². The van der Waals surface area contributed by atoms with Gasteiger partial charge in [0.05, 0.1) is 25.4 Å². The normalized spacial score (nSPS) is 11.5. The highest BCUT2D eigenvalue weighted by Gasteiger charge is 2.10. The summed E-state index contributed by atoms with van der Waals surface area (Å²) in [6, 6.07) is 33.2. The predicted octanol–water partition coefficient (Wildman–Crippen LogP) is 8.87. The van der Waals surface area contributed by atoms with E-state index in [1.165, 1.54) is 33.6 Å². The maximum atomic E-state index is 11.1. The molecule has 1 aromatic heterocycles. The zero-order valence-electron chi connectivity index (χ0n) is 23.1. The van der Waals surface area contributed by atoms with Gasteiger partial charge in [-0.1, -0.05) is 93.6 Å². The van der Waals surface area contributed by atoms with Crippen molar-refractivity contribution in [2.24, 2.45) is 5.92 Å². The van der Waals surface area contributed by atoms with Crippen molar-refractivity contribution in [2.45, 2.75) is 59.2 Å². The molecule has 4 aromatic rings. The fourth-order valence-electron chi connectivity index (χ4n) is 4.21. The number of aryl methyl sites for hydroxylation is 2. The summed E-state index contributed by atoms with van der Waals surface area (Å²) in [4.78, 5) is 13.9. The fourth-order valence-corrected chi connectivity index (χ4v) is 5.15. The number of methoxy groups -OCH3 is 1. The number of benzene rings is 3. The third-order valence-electron chi connectivity index (χ3n) is 6.21. The quantitative estimate of drug-likeness (QED) is 0.182. The Bertz CT molecular complexity index is 1200. The molecule has 0 aliphatic carbocycles. The third-order valence-corrected chi connectivity index (χ3v) is 7.33. The molecule has 1 atom stereocenters. The number of carbonyl (C=O) groups excluding carboxylic acids is 1. The molecule has 0 aliphatic heterocycles. The van der Waals surface area contributed by atoms with E-state index in [0.717, 1.165) is 25.7 Å². The Balaban J connectivity index is 0.000000244. The van der Waals surface area contributed by atoms with Crippen LogP contribution in [-0.2, 0) is 35.3 Å². The average Bonchev–Trinajstić information content (AvgIpc) is 3.41. The van der Waals surface area contributed by atoms with Crippen LogP contribution in [0.4, 0.5) is 0 Å². The minimum Gasteiger partial charge on any atom is -0.465 e. The lowest BCUT2D eigenvalue weighted by atomic mass is 10.0. The Morgan fingerprint density at radius 3 is 2.00 bits per heavy atom. The van der Waals surface area contributed by atoms with E-state index in [0.29, 0.717) is 18.1 Å². The van der Waals surface area contributed by atoms with E-state index in [1.807, 2.05) is 35.6 Å². The molecule has 0 saturated carbocycles. The zero-order valence-corrected chi connectivity index (χ0v) is 23.9. The van der Waals surface area contributed by atoms with E-state index in [1.54, 1.807) is 0 Å². The van der Waals surface area contributed by atoms with E-state index >= 15 is 0 Å². The SMILES string of the molecule is CCC(OCc1ccc(CCc2ccccc2)s1)c1ccccc1.COC(=O)c1ccc(CC(C)C)cc1. The second kappa shape index (κ2) is 15.9. The molecule has 0 spiro atoms. The molecule has 3 nitrogen and oxygen atoms in total. The number of thiophene rings is 1. The molecule has 0 amide bonds. The van der Waals surface area contributed by atoms with Crippen LogP contribution in [0.15, 0.2) is 97.1 Å². The maximum absolute atomic E-state index is 11.1. The lowest BCUT2D eigenvalue weighted by Gasteiger charge is -2.15. The Kier molecular flexibility index (Phi) is 12.3. The van der Waals surface area contributed by atoms with Crippen molar-refractivity contribution in [3.8, 4) is 0 Å². The minimum absolute atomic E-state index is 0.182. The first-order chi connectivity index (χ1) is 18.5. The van der Waals surface area contributed by atoms with Gasteiger partial charge >= 0.3 is 5.97 Å². The summed E-state index contributed by atoms with van der Waals surface area (Å²) in [6.45, 7) is 7.23. The largest absolute Gasteiger partial charge is 0.465 e. The predicted molar refractivity (Wildman–Crippen MR) is 159 cm³/mol. The first-order valence-corrected chi connectivity index (χ1v) is 14.3. The number of esters is 1. The van der Waals surface area contributed by atoms with Crippen LogP contribution in [-0.4, -0.2) is 13.1 Å². The molecule has 38 heavy (non-hydrogen) atoms. The Hall–Kier alpha value is -3.21. The highest BCUT2D eigenvalue weighted by atomic mass is 32.1. The van der Waals surface area contributed by atoms with Crippen molar-refractivity contribution in [1.29, 1.82) is 0 Å². The summed E-state index contributed by atoms with van der Waals surface area (Å²) in [6.07, 6.45) is 4.42. The van der Waals surface area contributed by atoms with Gasteiger partial charge in [0, 0.05) is 9.75 Å². The van der Waals surface area contributed by atoms with Crippen molar-refractivity contribution in [3.05, 3.63) is 129 Å². The summed E-state index contributed by atoms with van der Waals surface area (Å²) in [5, 5.41) is 0. The van der Waals surface area contributed by atoms with Crippen LogP contribution in [0.25, 0.3) is 0 Å². The second-order valence-electron chi connectivity index (χ2n) is 9.76. The van der Waals surface area contributed by atoms with Gasteiger partial charge in [-0.25, -0.2) is 4.79 Å². The number of hydrogen-bond acceptors (Lipinski definition) is 4. The highest BCUT2D eigenvalue weighted by molar-refractivity contribution is 7.11. The molecule has 0 N–H and O–H groups in total. The lowest BCUT2D eigenvalue weighted by molar-refractivity contribution is 0.0387. The standard InChI is InChI=1S/C22H24OS.C12H16O2/c1-2-22(19-11-7-4-8-12-19)23-17-21-16-15-20(24-21)14-13-18-9-5-3-6-10-18;1-9(2)8-10-4-6-11(7-5-10)12(13)14-3/h3-12,15-16,22H,2,13-14,17H2,1H3;4-7,9H,8H2,1-3H3. The van der Waals surface area contributed by atoms with Crippen molar-refractivity contribution in [2.75, 3.05) is 7.11 Å². The summed E-state index contributed by atoms with van der Waals surface area (Å²) in [7, 11) is 1.39. The summed E-state index contributed by atoms with van der Waals surface area (Å²) < 4.78 is 10.8. The van der Waals surface area contributed by atoms with Gasteiger partial charge in [-0.3, -0.25) is 0 Å². The molecular weight excluding hydrogens is 488 g/mol. The Morgan fingerprint density at radius 1 is 0.763 bits per heavy atom. The smallest absolute Gasteiger partial charge is 0.337 e. The zero-order chi connectivity index (χ0) is 27.2. The van der Waals surface area contributed by atoms with Crippen LogP contribution < -0.4 is 0 Å². The van der Waals surface area contributed by atoms with Gasteiger partial charge in [0.25, 0.3) is 0 Å². The van der Waals surface area contributed by atoms with Gasteiger partial charge in [0.2, 0.25) is 0 Å². The van der Waals surface area contributed by atoms with Gasteiger partial charge in [0.1, 0.15) is 0 Å². The van der Waals surface area contributed by atoms with Crippen molar-refractivity contribution >= 4 is 17.3 Å². The van der Waals surface area contributed by atoms with Crippen LogP contribution >= 0.6 is 11.3 Å². The molecular formula is C34H40O3S. The summed E-state index contributed by atoms with van der Waals surface area (Å²) in [5.41, 5.74) is 4.53. The molecule has 4 rings (SSSR count). The van der Waals surface area contributed by atoms with Crippen molar-refractivity contribution < 1.29 is 14.3 Å². The molecule has 1 unspecified atom stereocenters. The minimum atomic E-state index is -0.277. The number of ether oxygens (including phenoxy) is 2. The topological polar surface area (TPSA) is 35.5 Å². The third kappa shape index (κ3) is 9.92. The van der Waals surface area contributed by atoms with Crippen LogP contribution in [0, 0.1) is 5.92 Å². The van der Waals surface area contributed by atoms with Gasteiger partial charge in [-0.05, 0) is 72.6 Å². The molecule has 3 aromatic carbocycles. The van der Waals surface area contributed by atoms with Gasteiger partial charge in [-0.15, -0.1) is 11.3 Å². The first-order valence-electron chi connectivity index (χ1n) is 13.4. The van der Waals surface area contributed by atoms with Crippen LogP contribution in [0.5, 0.6) is 0 Å². The van der Waals surface area contributed by atoms with E-state index < -0.39 is 0 Å². The number of rotatable bonds is 11. The molecule has 1 heterocycles. The molecule has 0 bridgehead atoms. The molecule has 0 fully saturated rings. The summed E-state index contributed by atoms with van der Waals surface area (Å²) >= 11 is 1.87. The van der Waals surface area contributed by atoms with E-state index in [-0.39, 0.29) is 12.1 Å². The van der Waals surface area contributed by atoms with Gasteiger partial charge < -0.3 is 9.47 Å². The van der Waals surface area contributed by atoms with Gasteiger partial charge in [0.15, 0.2) is 0 Å². The van der Waals surface area contributed by atoms with E-state index in [4.69, 9.17) is 4.74 Å².